The molecule has 1 aliphatic rings. The number of aliphatic hydroxyl groups is 5. The van der Waals surface area contributed by atoms with Gasteiger partial charge in [0.15, 0.2) is 6.29 Å². The lowest BCUT2D eigenvalue weighted by atomic mass is 9.99. The molecule has 6 N–H and O–H groups in total. The van der Waals surface area contributed by atoms with Gasteiger partial charge in [0.05, 0.1) is 25.4 Å². The SMILES string of the molecule is CCCCCCCCCCCCCCCCCCCCCCCCCCCCCC/C=C/C(O)C(COC1OC(CO)C(O)C(O)C1O)NC(=O)CCCCCCCCCCCCCCCCC. The monoisotopic (exact) mass is 966 g/mol. The predicted octanol–water partition coefficient (Wildman–Crippen LogP) is 14.8. The minimum atomic E-state index is -1.56. The van der Waals surface area contributed by atoms with E-state index in [-0.39, 0.29) is 12.5 Å². The number of unbranched alkanes of at least 4 members (excludes halogenated alkanes) is 42. The van der Waals surface area contributed by atoms with Crippen LogP contribution in [0.15, 0.2) is 12.2 Å². The smallest absolute Gasteiger partial charge is 0.220 e. The Morgan fingerprint density at radius 3 is 1.15 bits per heavy atom. The minimum Gasteiger partial charge on any atom is -0.394 e. The van der Waals surface area contributed by atoms with Gasteiger partial charge in [-0.2, -0.15) is 0 Å². The van der Waals surface area contributed by atoms with Crippen LogP contribution in [0.2, 0.25) is 0 Å². The Hall–Kier alpha value is -1.07. The summed E-state index contributed by atoms with van der Waals surface area (Å²) in [6.45, 7) is 3.82. The second kappa shape index (κ2) is 49.5. The van der Waals surface area contributed by atoms with Gasteiger partial charge in [0.25, 0.3) is 0 Å². The Balaban J connectivity index is 2.15. The molecule has 1 rings (SSSR count). The molecule has 1 aliphatic heterocycles. The number of hydrogen-bond donors (Lipinski definition) is 6. The number of amides is 1. The fraction of sp³-hybridized carbons (Fsp3) is 0.949. The topological polar surface area (TPSA) is 149 Å². The number of carbonyl (C=O) groups excluding carboxylic acids is 1. The third kappa shape index (κ3) is 38.6. The molecule has 0 bridgehead atoms. The lowest BCUT2D eigenvalue weighted by molar-refractivity contribution is -0.302. The van der Waals surface area contributed by atoms with Crippen LogP contribution in [0.5, 0.6) is 0 Å². The maximum atomic E-state index is 13.0. The minimum absolute atomic E-state index is 0.171. The highest BCUT2D eigenvalue weighted by atomic mass is 16.7. The highest BCUT2D eigenvalue weighted by Crippen LogP contribution is 2.23. The molecule has 0 aromatic carbocycles. The van der Waals surface area contributed by atoms with Gasteiger partial charge in [-0.25, -0.2) is 0 Å². The number of allylic oxidation sites excluding steroid dienone is 1. The molecular formula is C59H115NO8. The van der Waals surface area contributed by atoms with Crippen molar-refractivity contribution in [3.63, 3.8) is 0 Å². The largest absolute Gasteiger partial charge is 0.394 e. The average molecular weight is 967 g/mol. The molecular weight excluding hydrogens is 851 g/mol. The first-order valence-electron chi connectivity index (χ1n) is 29.9. The normalized spacial score (nSPS) is 19.5. The van der Waals surface area contributed by atoms with Crippen LogP contribution in [0.4, 0.5) is 0 Å². The quantitative estimate of drug-likeness (QED) is 0.0261. The molecule has 9 heteroatoms. The van der Waals surface area contributed by atoms with E-state index in [1.165, 1.54) is 244 Å². The summed E-state index contributed by atoms with van der Waals surface area (Å²) in [6.07, 6.45) is 54.4. The van der Waals surface area contributed by atoms with Gasteiger partial charge < -0.3 is 40.3 Å². The number of aliphatic hydroxyl groups excluding tert-OH is 5. The zero-order chi connectivity index (χ0) is 49.4. The molecule has 0 aromatic rings. The van der Waals surface area contributed by atoms with E-state index in [0.717, 1.165) is 38.5 Å². The van der Waals surface area contributed by atoms with Crippen LogP contribution in [0, 0.1) is 0 Å². The van der Waals surface area contributed by atoms with Crippen LogP contribution < -0.4 is 5.32 Å². The highest BCUT2D eigenvalue weighted by Gasteiger charge is 2.44. The van der Waals surface area contributed by atoms with Gasteiger partial charge in [-0.1, -0.05) is 289 Å². The molecule has 0 spiro atoms. The zero-order valence-corrected chi connectivity index (χ0v) is 44.9. The lowest BCUT2D eigenvalue weighted by Gasteiger charge is -2.40. The maximum Gasteiger partial charge on any atom is 0.220 e. The van der Waals surface area contributed by atoms with E-state index in [2.05, 4.69) is 19.2 Å². The van der Waals surface area contributed by atoms with E-state index in [1.807, 2.05) is 6.08 Å². The summed E-state index contributed by atoms with van der Waals surface area (Å²) in [5.41, 5.74) is 0. The predicted molar refractivity (Wildman–Crippen MR) is 286 cm³/mol. The van der Waals surface area contributed by atoms with Gasteiger partial charge in [-0.05, 0) is 19.3 Å². The van der Waals surface area contributed by atoms with Crippen molar-refractivity contribution in [1.29, 1.82) is 0 Å². The molecule has 7 unspecified atom stereocenters. The molecule has 0 saturated carbocycles. The molecule has 0 aromatic heterocycles. The van der Waals surface area contributed by atoms with Gasteiger partial charge in [0, 0.05) is 6.42 Å². The number of rotatable bonds is 52. The standard InChI is InChI=1S/C59H115NO8/c1-3-5-7-9-11-13-15-17-19-20-21-22-23-24-25-26-27-28-29-30-31-32-33-35-36-38-40-42-44-46-48-53(62)52(51-67-59-58(66)57(65)56(64)54(50-61)68-59)60-55(63)49-47-45-43-41-39-37-34-18-16-14-12-10-8-6-4-2/h46,48,52-54,56-59,61-62,64-66H,3-45,47,49-51H2,1-2H3,(H,60,63)/b48-46+. The molecule has 0 radical (unpaired) electrons. The molecule has 1 saturated heterocycles. The fourth-order valence-electron chi connectivity index (χ4n) is 9.87. The van der Waals surface area contributed by atoms with Crippen molar-refractivity contribution >= 4 is 5.91 Å². The van der Waals surface area contributed by atoms with Crippen LogP contribution in [0.3, 0.4) is 0 Å². The van der Waals surface area contributed by atoms with E-state index in [1.54, 1.807) is 6.08 Å². The average Bonchev–Trinajstić information content (AvgIpc) is 3.34. The molecule has 0 aliphatic carbocycles. The van der Waals surface area contributed by atoms with Crippen LogP contribution in [0.1, 0.15) is 303 Å². The van der Waals surface area contributed by atoms with E-state index in [9.17, 15) is 30.3 Å². The van der Waals surface area contributed by atoms with Crippen molar-refractivity contribution in [3.05, 3.63) is 12.2 Å². The number of carbonyl (C=O) groups is 1. The first-order valence-corrected chi connectivity index (χ1v) is 29.9. The van der Waals surface area contributed by atoms with Gasteiger partial charge in [0.1, 0.15) is 24.4 Å². The summed E-state index contributed by atoms with van der Waals surface area (Å²) in [4.78, 5) is 13.0. The third-order valence-electron chi connectivity index (χ3n) is 14.6. The van der Waals surface area contributed by atoms with Crippen molar-refractivity contribution in [1.82, 2.24) is 5.32 Å². The Kier molecular flexibility index (Phi) is 47.3. The van der Waals surface area contributed by atoms with E-state index in [4.69, 9.17) is 9.47 Å². The number of hydrogen-bond acceptors (Lipinski definition) is 8. The summed E-state index contributed by atoms with van der Waals surface area (Å²) in [7, 11) is 0. The van der Waals surface area contributed by atoms with Crippen LogP contribution >= 0.6 is 0 Å². The molecule has 7 atom stereocenters. The molecule has 404 valence electrons. The summed E-state index contributed by atoms with van der Waals surface area (Å²) in [6, 6.07) is -0.800. The maximum absolute atomic E-state index is 13.0. The fourth-order valence-corrected chi connectivity index (χ4v) is 9.87. The number of ether oxygens (including phenoxy) is 2. The first kappa shape index (κ1) is 64.9. The zero-order valence-electron chi connectivity index (χ0n) is 44.9. The Morgan fingerprint density at radius 1 is 0.485 bits per heavy atom. The van der Waals surface area contributed by atoms with Crippen LogP contribution in [-0.2, 0) is 14.3 Å². The molecule has 1 amide bonds. The second-order valence-corrected chi connectivity index (χ2v) is 21.2. The summed E-state index contributed by atoms with van der Waals surface area (Å²) in [5, 5.41) is 54.5. The van der Waals surface area contributed by atoms with Crippen molar-refractivity contribution in [2.75, 3.05) is 13.2 Å². The summed E-state index contributed by atoms with van der Waals surface area (Å²) >= 11 is 0. The third-order valence-corrected chi connectivity index (χ3v) is 14.6. The van der Waals surface area contributed by atoms with E-state index < -0.39 is 49.5 Å². The number of nitrogens with one attached hydrogen (secondary N) is 1. The second-order valence-electron chi connectivity index (χ2n) is 21.2. The molecule has 1 fully saturated rings. The van der Waals surface area contributed by atoms with Gasteiger partial charge in [0.2, 0.25) is 5.91 Å². The Labute approximate surface area is 420 Å². The summed E-state index contributed by atoms with van der Waals surface area (Å²) in [5.74, 6) is -0.171. The highest BCUT2D eigenvalue weighted by molar-refractivity contribution is 5.76. The van der Waals surface area contributed by atoms with E-state index >= 15 is 0 Å². The first-order chi connectivity index (χ1) is 33.3. The van der Waals surface area contributed by atoms with Crippen molar-refractivity contribution < 1.29 is 39.8 Å². The van der Waals surface area contributed by atoms with Gasteiger partial charge in [-0.3, -0.25) is 4.79 Å². The lowest BCUT2D eigenvalue weighted by Crippen LogP contribution is -2.60. The van der Waals surface area contributed by atoms with E-state index in [0.29, 0.717) is 6.42 Å². The van der Waals surface area contributed by atoms with Gasteiger partial charge in [-0.15, -0.1) is 0 Å². The molecule has 68 heavy (non-hydrogen) atoms. The van der Waals surface area contributed by atoms with Crippen molar-refractivity contribution in [2.45, 2.75) is 346 Å². The van der Waals surface area contributed by atoms with Gasteiger partial charge >= 0.3 is 0 Å². The van der Waals surface area contributed by atoms with Crippen molar-refractivity contribution in [2.24, 2.45) is 0 Å². The molecule has 1 heterocycles. The summed E-state index contributed by atoms with van der Waals surface area (Å²) < 4.78 is 11.3. The van der Waals surface area contributed by atoms with Crippen molar-refractivity contribution in [3.8, 4) is 0 Å². The van der Waals surface area contributed by atoms with Crippen LogP contribution in [0.25, 0.3) is 0 Å². The molecule has 9 nitrogen and oxygen atoms in total. The van der Waals surface area contributed by atoms with Crippen LogP contribution in [-0.4, -0.2) is 87.5 Å². The Bertz CT molecular complexity index is 1080. The Morgan fingerprint density at radius 2 is 0.809 bits per heavy atom.